The highest BCUT2D eigenvalue weighted by atomic mass is 32.3. The van der Waals surface area contributed by atoms with E-state index < -0.39 is 28.1 Å². The molecular weight excluding hydrogens is 299 g/mol. The van der Waals surface area contributed by atoms with Crippen molar-refractivity contribution in [2.45, 2.75) is 19.8 Å². The molecule has 4 N–H and O–H groups in total. The van der Waals surface area contributed by atoms with E-state index in [-0.39, 0.29) is 18.0 Å². The fourth-order valence-corrected chi connectivity index (χ4v) is 4.02. The van der Waals surface area contributed by atoms with Crippen molar-refractivity contribution in [1.29, 1.82) is 0 Å². The number of benzene rings is 1. The lowest BCUT2D eigenvalue weighted by Gasteiger charge is -2.47. The number of nitrogens with zero attached hydrogens (tertiary/aromatic N) is 1. The molecular formula is C13H19FN2O4S. The van der Waals surface area contributed by atoms with Crippen molar-refractivity contribution in [2.24, 2.45) is 0 Å². The number of hydrogen-bond donors (Lipinski definition) is 4. The van der Waals surface area contributed by atoms with Crippen molar-refractivity contribution in [2.75, 3.05) is 28.5 Å². The monoisotopic (exact) mass is 318 g/mol. The normalized spacial score (nSPS) is 19.1. The Balaban J connectivity index is 2.53. The maximum Gasteiger partial charge on any atom is 0.338 e. The largest absolute Gasteiger partial charge is 0.478 e. The second kappa shape index (κ2) is 6.08. The number of carboxylic acid groups (broad SMARTS) is 1. The van der Waals surface area contributed by atoms with Gasteiger partial charge in [-0.25, -0.2) is 9.18 Å². The molecule has 1 aromatic rings. The summed E-state index contributed by atoms with van der Waals surface area (Å²) in [4.78, 5) is 11.2. The van der Waals surface area contributed by atoms with Crippen molar-refractivity contribution in [3.05, 3.63) is 23.5 Å². The van der Waals surface area contributed by atoms with E-state index in [4.69, 9.17) is 5.11 Å². The topological polar surface area (TPSA) is 93.0 Å². The summed E-state index contributed by atoms with van der Waals surface area (Å²) in [5.41, 5.74) is -0.123. The second-order valence-corrected chi connectivity index (χ2v) is 6.95. The van der Waals surface area contributed by atoms with Gasteiger partial charge in [0.25, 0.3) is 0 Å². The van der Waals surface area contributed by atoms with Crippen LogP contribution in [0.25, 0.3) is 0 Å². The van der Waals surface area contributed by atoms with Crippen LogP contribution in [0.2, 0.25) is 0 Å². The van der Waals surface area contributed by atoms with Gasteiger partial charge in [0.1, 0.15) is 0 Å². The van der Waals surface area contributed by atoms with E-state index >= 15 is 0 Å². The Labute approximate surface area is 124 Å². The van der Waals surface area contributed by atoms with Crippen LogP contribution in [0.15, 0.2) is 12.1 Å². The molecule has 6 nitrogen and oxygen atoms in total. The molecule has 0 atom stereocenters. The van der Waals surface area contributed by atoms with Gasteiger partial charge in [0, 0.05) is 18.8 Å². The first-order valence-corrected chi connectivity index (χ1v) is 8.38. The zero-order valence-corrected chi connectivity index (χ0v) is 12.5. The van der Waals surface area contributed by atoms with E-state index in [1.807, 2.05) is 6.92 Å². The molecule has 0 bridgehead atoms. The SMILES string of the molecule is CCNc1cc(C(=O)O)c(F)c(N2CCCCS2(O)O)c1. The molecule has 0 saturated carbocycles. The number of anilines is 2. The summed E-state index contributed by atoms with van der Waals surface area (Å²) in [6.45, 7) is 2.66. The van der Waals surface area contributed by atoms with E-state index in [2.05, 4.69) is 5.32 Å². The predicted molar refractivity (Wildman–Crippen MR) is 81.8 cm³/mol. The van der Waals surface area contributed by atoms with Crippen LogP contribution in [0, 0.1) is 5.82 Å². The van der Waals surface area contributed by atoms with Gasteiger partial charge in [-0.15, -0.1) is 10.8 Å². The van der Waals surface area contributed by atoms with Crippen molar-refractivity contribution in [3.63, 3.8) is 0 Å². The van der Waals surface area contributed by atoms with Gasteiger partial charge in [-0.3, -0.25) is 13.4 Å². The molecule has 1 saturated heterocycles. The molecule has 1 aliphatic heterocycles. The Hall–Kier alpha value is -1.51. The average molecular weight is 318 g/mol. The number of aromatic carboxylic acids is 1. The molecule has 118 valence electrons. The van der Waals surface area contributed by atoms with Crippen LogP contribution in [0.5, 0.6) is 0 Å². The van der Waals surface area contributed by atoms with Crippen LogP contribution in [0.3, 0.4) is 0 Å². The number of hydrogen-bond acceptors (Lipinski definition) is 5. The third-order valence-electron chi connectivity index (χ3n) is 3.32. The molecule has 21 heavy (non-hydrogen) atoms. The number of carbonyl (C=O) groups is 1. The van der Waals surface area contributed by atoms with Crippen molar-refractivity contribution >= 4 is 28.1 Å². The molecule has 0 aliphatic carbocycles. The van der Waals surface area contributed by atoms with Crippen LogP contribution >= 0.6 is 10.8 Å². The lowest BCUT2D eigenvalue weighted by atomic mass is 10.1. The van der Waals surface area contributed by atoms with E-state index in [0.717, 1.165) is 0 Å². The highest BCUT2D eigenvalue weighted by molar-refractivity contribution is 8.25. The molecule has 0 unspecified atom stereocenters. The van der Waals surface area contributed by atoms with Crippen molar-refractivity contribution < 1.29 is 23.4 Å². The van der Waals surface area contributed by atoms with E-state index in [9.17, 15) is 18.3 Å². The third kappa shape index (κ3) is 3.22. The van der Waals surface area contributed by atoms with Crippen molar-refractivity contribution in [1.82, 2.24) is 0 Å². The lowest BCUT2D eigenvalue weighted by molar-refractivity contribution is 0.0692. The minimum atomic E-state index is -3.10. The fourth-order valence-electron chi connectivity index (χ4n) is 2.34. The number of halogens is 1. The number of nitrogens with one attached hydrogen (secondary N) is 1. The fraction of sp³-hybridized carbons (Fsp3) is 0.462. The van der Waals surface area contributed by atoms with Gasteiger partial charge < -0.3 is 10.4 Å². The molecule has 0 aromatic heterocycles. The van der Waals surface area contributed by atoms with Crippen LogP contribution in [0.4, 0.5) is 15.8 Å². The predicted octanol–water partition coefficient (Wildman–Crippen LogP) is 3.22. The molecule has 8 heteroatoms. The molecule has 0 amide bonds. The molecule has 0 radical (unpaired) electrons. The Bertz CT molecular complexity index is 553. The van der Waals surface area contributed by atoms with Crippen LogP contribution < -0.4 is 9.62 Å². The summed E-state index contributed by atoms with van der Waals surface area (Å²) in [6.07, 6.45) is 1.35. The van der Waals surface area contributed by atoms with Gasteiger partial charge in [0.2, 0.25) is 0 Å². The minimum absolute atomic E-state index is 0.0782. The summed E-state index contributed by atoms with van der Waals surface area (Å²) in [5, 5.41) is 12.0. The maximum atomic E-state index is 14.4. The van der Waals surface area contributed by atoms with Crippen LogP contribution in [-0.4, -0.2) is 39.0 Å². The maximum absolute atomic E-state index is 14.4. The molecule has 2 rings (SSSR count). The Morgan fingerprint density at radius 2 is 2.14 bits per heavy atom. The Kier molecular flexibility index (Phi) is 4.60. The zero-order valence-electron chi connectivity index (χ0n) is 11.7. The lowest BCUT2D eigenvalue weighted by Crippen LogP contribution is -2.35. The summed E-state index contributed by atoms with van der Waals surface area (Å²) >= 11 is 0. The minimum Gasteiger partial charge on any atom is -0.478 e. The summed E-state index contributed by atoms with van der Waals surface area (Å²) < 4.78 is 35.8. The summed E-state index contributed by atoms with van der Waals surface area (Å²) in [5.74, 6) is -2.16. The first kappa shape index (κ1) is 15.9. The number of rotatable bonds is 4. The molecule has 0 spiro atoms. The first-order chi connectivity index (χ1) is 9.86. The van der Waals surface area contributed by atoms with Gasteiger partial charge in [0.15, 0.2) is 5.82 Å². The Morgan fingerprint density at radius 3 is 2.71 bits per heavy atom. The smallest absolute Gasteiger partial charge is 0.338 e. The van der Waals surface area contributed by atoms with E-state index in [1.165, 1.54) is 16.4 Å². The van der Waals surface area contributed by atoms with E-state index in [0.29, 0.717) is 25.1 Å². The standard InChI is InChI=1S/C13H19FN2O4S/c1-2-15-9-7-10(13(17)18)12(14)11(8-9)16-5-3-4-6-21(16,19)20/h7-8,15,19-20H,2-6H2,1H3,(H,17,18). The second-order valence-electron chi connectivity index (χ2n) is 4.84. The van der Waals surface area contributed by atoms with Crippen molar-refractivity contribution in [3.8, 4) is 0 Å². The van der Waals surface area contributed by atoms with Gasteiger partial charge in [0.05, 0.1) is 17.0 Å². The van der Waals surface area contributed by atoms with Gasteiger partial charge in [-0.05, 0) is 31.9 Å². The van der Waals surface area contributed by atoms with Gasteiger partial charge in [-0.1, -0.05) is 0 Å². The first-order valence-electron chi connectivity index (χ1n) is 6.71. The summed E-state index contributed by atoms with van der Waals surface area (Å²) in [6, 6.07) is 2.63. The quantitative estimate of drug-likeness (QED) is 0.681. The Morgan fingerprint density at radius 1 is 1.43 bits per heavy atom. The van der Waals surface area contributed by atoms with Crippen LogP contribution in [-0.2, 0) is 0 Å². The van der Waals surface area contributed by atoms with Crippen LogP contribution in [0.1, 0.15) is 30.1 Å². The molecule has 1 fully saturated rings. The van der Waals surface area contributed by atoms with Gasteiger partial charge in [-0.2, -0.15) is 0 Å². The highest BCUT2D eigenvalue weighted by Crippen LogP contribution is 2.50. The zero-order chi connectivity index (χ0) is 15.6. The third-order valence-corrected chi connectivity index (χ3v) is 5.24. The molecule has 1 aliphatic rings. The van der Waals surface area contributed by atoms with E-state index in [1.54, 1.807) is 0 Å². The molecule has 1 aromatic carbocycles. The number of carboxylic acids is 1. The summed E-state index contributed by atoms with van der Waals surface area (Å²) in [7, 11) is -3.10. The average Bonchev–Trinajstić information content (AvgIpc) is 2.40. The highest BCUT2D eigenvalue weighted by Gasteiger charge is 2.30. The van der Waals surface area contributed by atoms with Gasteiger partial charge >= 0.3 is 5.97 Å². The molecule has 1 heterocycles.